The number of hydrogen-bond donors (Lipinski definition) is 1. The molecule has 0 saturated heterocycles. The van der Waals surface area contributed by atoms with E-state index in [-0.39, 0.29) is 0 Å². The van der Waals surface area contributed by atoms with Crippen LogP contribution >= 0.6 is 0 Å². The molecule has 3 aromatic rings. The Kier molecular flexibility index (Phi) is 5.98. The smallest absolute Gasteiger partial charge is 0.157 e. The lowest BCUT2D eigenvalue weighted by Crippen LogP contribution is -2.22. The molecule has 1 aromatic carbocycles. The molecule has 142 valence electrons. The topological polar surface area (TPSA) is 56.4 Å². The SMILES string of the molecule is CCCCCc1c(C)c(C#N)c2nc3ccccc3n2c1NCCN(C)C. The molecule has 0 amide bonds. The van der Waals surface area contributed by atoms with Crippen LogP contribution in [0.15, 0.2) is 24.3 Å². The van der Waals surface area contributed by atoms with Gasteiger partial charge in [-0.2, -0.15) is 5.26 Å². The lowest BCUT2D eigenvalue weighted by atomic mass is 9.99. The molecule has 2 aromatic heterocycles. The number of fused-ring (bicyclic) bond motifs is 3. The van der Waals surface area contributed by atoms with Crippen LogP contribution in [0.2, 0.25) is 0 Å². The van der Waals surface area contributed by atoms with Crippen molar-refractivity contribution in [3.8, 4) is 6.07 Å². The van der Waals surface area contributed by atoms with Gasteiger partial charge >= 0.3 is 0 Å². The summed E-state index contributed by atoms with van der Waals surface area (Å²) in [5.41, 5.74) is 5.72. The van der Waals surface area contributed by atoms with Crippen LogP contribution in [-0.4, -0.2) is 41.5 Å². The van der Waals surface area contributed by atoms with Crippen molar-refractivity contribution in [2.24, 2.45) is 0 Å². The Hall–Kier alpha value is -2.58. The van der Waals surface area contributed by atoms with Crippen LogP contribution in [0, 0.1) is 18.3 Å². The number of rotatable bonds is 8. The molecule has 0 aliphatic carbocycles. The van der Waals surface area contributed by atoms with Gasteiger partial charge in [-0.25, -0.2) is 4.98 Å². The fourth-order valence-electron chi connectivity index (χ4n) is 3.63. The highest BCUT2D eigenvalue weighted by Crippen LogP contribution is 2.32. The van der Waals surface area contributed by atoms with Crippen molar-refractivity contribution in [1.82, 2.24) is 14.3 Å². The molecule has 0 atom stereocenters. The Morgan fingerprint density at radius 3 is 2.70 bits per heavy atom. The number of unbranched alkanes of at least 4 members (excludes halogenated alkanes) is 2. The number of nitrogens with zero attached hydrogens (tertiary/aromatic N) is 4. The first-order valence-corrected chi connectivity index (χ1v) is 9.79. The zero-order valence-electron chi connectivity index (χ0n) is 16.8. The summed E-state index contributed by atoms with van der Waals surface area (Å²) in [7, 11) is 4.16. The maximum absolute atomic E-state index is 9.85. The third-order valence-electron chi connectivity index (χ3n) is 5.12. The fourth-order valence-corrected chi connectivity index (χ4v) is 3.63. The summed E-state index contributed by atoms with van der Waals surface area (Å²) < 4.78 is 2.15. The monoisotopic (exact) mass is 363 g/mol. The van der Waals surface area contributed by atoms with E-state index in [4.69, 9.17) is 4.98 Å². The van der Waals surface area contributed by atoms with Gasteiger partial charge in [0.05, 0.1) is 16.6 Å². The minimum atomic E-state index is 0.691. The summed E-state index contributed by atoms with van der Waals surface area (Å²) in [6, 6.07) is 10.5. The predicted molar refractivity (Wildman–Crippen MR) is 112 cm³/mol. The van der Waals surface area contributed by atoms with E-state index < -0.39 is 0 Å². The van der Waals surface area contributed by atoms with Crippen LogP contribution in [0.3, 0.4) is 0 Å². The van der Waals surface area contributed by atoms with Gasteiger partial charge in [-0.05, 0) is 57.1 Å². The van der Waals surface area contributed by atoms with Crippen LogP contribution in [0.25, 0.3) is 16.7 Å². The summed E-state index contributed by atoms with van der Waals surface area (Å²) in [6.45, 7) is 6.08. The fraction of sp³-hybridized carbons (Fsp3) is 0.455. The molecule has 0 radical (unpaired) electrons. The molecular formula is C22H29N5. The highest BCUT2D eigenvalue weighted by Gasteiger charge is 2.20. The molecule has 27 heavy (non-hydrogen) atoms. The Morgan fingerprint density at radius 2 is 2.00 bits per heavy atom. The number of anilines is 1. The van der Waals surface area contributed by atoms with Gasteiger partial charge in [0.25, 0.3) is 0 Å². The summed E-state index contributed by atoms with van der Waals surface area (Å²) in [4.78, 5) is 6.95. The molecule has 0 aliphatic heterocycles. The summed E-state index contributed by atoms with van der Waals surface area (Å²) in [5, 5.41) is 13.5. The molecule has 0 bridgehead atoms. The van der Waals surface area contributed by atoms with Crippen molar-refractivity contribution in [2.75, 3.05) is 32.5 Å². The van der Waals surface area contributed by atoms with Crippen LogP contribution in [-0.2, 0) is 6.42 Å². The molecule has 1 N–H and O–H groups in total. The maximum atomic E-state index is 9.85. The molecule has 0 aliphatic rings. The molecule has 2 heterocycles. The summed E-state index contributed by atoms with van der Waals surface area (Å²) >= 11 is 0. The van der Waals surface area contributed by atoms with Gasteiger partial charge in [0.1, 0.15) is 11.9 Å². The first-order valence-electron chi connectivity index (χ1n) is 9.79. The van der Waals surface area contributed by atoms with Gasteiger partial charge in [0.15, 0.2) is 5.65 Å². The molecule has 0 saturated carbocycles. The highest BCUT2D eigenvalue weighted by molar-refractivity contribution is 5.86. The van der Waals surface area contributed by atoms with Gasteiger partial charge in [0.2, 0.25) is 0 Å². The zero-order valence-corrected chi connectivity index (χ0v) is 16.8. The minimum absolute atomic E-state index is 0.691. The number of benzene rings is 1. The molecular weight excluding hydrogens is 334 g/mol. The van der Waals surface area contributed by atoms with Gasteiger partial charge in [-0.15, -0.1) is 0 Å². The second kappa shape index (κ2) is 8.41. The molecule has 5 heteroatoms. The first-order chi connectivity index (χ1) is 13.1. The number of nitriles is 1. The molecule has 0 spiro atoms. The van der Waals surface area contributed by atoms with Gasteiger partial charge in [-0.1, -0.05) is 31.9 Å². The van der Waals surface area contributed by atoms with E-state index in [1.54, 1.807) is 0 Å². The number of hydrogen-bond acceptors (Lipinski definition) is 4. The Balaban J connectivity index is 2.23. The van der Waals surface area contributed by atoms with Crippen molar-refractivity contribution in [2.45, 2.75) is 39.5 Å². The minimum Gasteiger partial charge on any atom is -0.370 e. The number of nitrogens with one attached hydrogen (secondary N) is 1. The van der Waals surface area contributed by atoms with Gasteiger partial charge < -0.3 is 10.2 Å². The van der Waals surface area contributed by atoms with Crippen LogP contribution < -0.4 is 5.32 Å². The Morgan fingerprint density at radius 1 is 1.22 bits per heavy atom. The van der Waals surface area contributed by atoms with Crippen LogP contribution in [0.4, 0.5) is 5.82 Å². The van der Waals surface area contributed by atoms with Crippen LogP contribution in [0.5, 0.6) is 0 Å². The maximum Gasteiger partial charge on any atom is 0.157 e. The van der Waals surface area contributed by atoms with Crippen molar-refractivity contribution < 1.29 is 0 Å². The normalized spacial score (nSPS) is 11.4. The van der Waals surface area contributed by atoms with Gasteiger partial charge in [0, 0.05) is 13.1 Å². The average molecular weight is 364 g/mol. The number of para-hydroxylation sites is 2. The van der Waals surface area contributed by atoms with Crippen LogP contribution in [0.1, 0.15) is 42.9 Å². The van der Waals surface area contributed by atoms with Crippen molar-refractivity contribution >= 4 is 22.5 Å². The largest absolute Gasteiger partial charge is 0.370 e. The standard InChI is InChI=1S/C22H29N5/c1-5-6-7-10-17-16(2)18(15-23)22-25-19-11-8-9-12-20(19)27(22)21(17)24-13-14-26(3)4/h8-9,11-12,24H,5-7,10,13-14H2,1-4H3. The van der Waals surface area contributed by atoms with E-state index >= 15 is 0 Å². The highest BCUT2D eigenvalue weighted by atomic mass is 15.1. The van der Waals surface area contributed by atoms with Crippen molar-refractivity contribution in [3.63, 3.8) is 0 Å². The van der Waals surface area contributed by atoms with E-state index in [0.29, 0.717) is 5.56 Å². The second-order valence-electron chi connectivity index (χ2n) is 7.39. The third kappa shape index (κ3) is 3.77. The Bertz CT molecular complexity index is 978. The van der Waals surface area contributed by atoms with E-state index in [0.717, 1.165) is 54.0 Å². The van der Waals surface area contributed by atoms with E-state index in [1.165, 1.54) is 18.4 Å². The predicted octanol–water partition coefficient (Wildman–Crippen LogP) is 4.37. The molecule has 3 rings (SSSR count). The lowest BCUT2D eigenvalue weighted by Gasteiger charge is -2.20. The molecule has 5 nitrogen and oxygen atoms in total. The number of likely N-dealkylation sites (N-methyl/N-ethyl adjacent to an activating group) is 1. The van der Waals surface area contributed by atoms with E-state index in [1.807, 2.05) is 18.2 Å². The quantitative estimate of drug-likeness (QED) is 0.604. The summed E-state index contributed by atoms with van der Waals surface area (Å²) in [6.07, 6.45) is 4.48. The van der Waals surface area contributed by atoms with Crippen molar-refractivity contribution in [1.29, 1.82) is 5.26 Å². The third-order valence-corrected chi connectivity index (χ3v) is 5.12. The van der Waals surface area contributed by atoms with Gasteiger partial charge in [-0.3, -0.25) is 4.40 Å². The molecule has 0 unspecified atom stereocenters. The Labute approximate surface area is 161 Å². The molecule has 0 fully saturated rings. The van der Waals surface area contributed by atoms with Crippen molar-refractivity contribution in [3.05, 3.63) is 41.0 Å². The average Bonchev–Trinajstić information content (AvgIpc) is 3.02. The second-order valence-corrected chi connectivity index (χ2v) is 7.39. The van der Waals surface area contributed by atoms with E-state index in [2.05, 4.69) is 54.7 Å². The number of pyridine rings is 1. The first kappa shape index (κ1) is 19.2. The summed E-state index contributed by atoms with van der Waals surface area (Å²) in [5.74, 6) is 1.09. The number of imidazole rings is 1. The lowest BCUT2D eigenvalue weighted by molar-refractivity contribution is 0.425. The van der Waals surface area contributed by atoms with E-state index in [9.17, 15) is 5.26 Å². The zero-order chi connectivity index (χ0) is 19.4. The number of aromatic nitrogens is 2.